The number of benzene rings is 2. The zero-order chi connectivity index (χ0) is 23.4. The van der Waals surface area contributed by atoms with Crippen molar-refractivity contribution in [2.24, 2.45) is 0 Å². The molecule has 2 aliphatic heterocycles. The summed E-state index contributed by atoms with van der Waals surface area (Å²) in [6.45, 7) is 4.31. The van der Waals surface area contributed by atoms with Crippen LogP contribution < -0.4 is 4.57 Å². The van der Waals surface area contributed by atoms with Gasteiger partial charge in [-0.1, -0.05) is 36.4 Å². The van der Waals surface area contributed by atoms with E-state index in [-0.39, 0.29) is 21.0 Å². The van der Waals surface area contributed by atoms with E-state index in [0.717, 1.165) is 16.9 Å². The number of sulfone groups is 1. The number of hydrogen-bond donors (Lipinski definition) is 1. The summed E-state index contributed by atoms with van der Waals surface area (Å²) in [5.74, 6) is -0.276. The van der Waals surface area contributed by atoms with Gasteiger partial charge in [0.2, 0.25) is 15.5 Å². The molecule has 0 unspecified atom stereocenters. The van der Waals surface area contributed by atoms with Crippen molar-refractivity contribution in [2.75, 3.05) is 0 Å². The summed E-state index contributed by atoms with van der Waals surface area (Å²) in [7, 11) is -3.79. The van der Waals surface area contributed by atoms with Crippen molar-refractivity contribution in [1.29, 1.82) is 5.26 Å². The minimum Gasteiger partial charge on any atom is -0.506 e. The Balaban J connectivity index is 1.51. The summed E-state index contributed by atoms with van der Waals surface area (Å²) in [6, 6.07) is 20.7. The van der Waals surface area contributed by atoms with Crippen LogP contribution in [-0.2, 0) is 15.3 Å². The number of aliphatic hydroxyl groups is 1. The van der Waals surface area contributed by atoms with E-state index in [1.807, 2.05) is 30.5 Å². The molecule has 0 radical (unpaired) electrons. The molecule has 0 atom stereocenters. The van der Waals surface area contributed by atoms with E-state index in [0.29, 0.717) is 11.1 Å². The molecule has 0 saturated carbocycles. The Labute approximate surface area is 192 Å². The van der Waals surface area contributed by atoms with Crippen LogP contribution in [0.25, 0.3) is 17.0 Å². The smallest absolute Gasteiger partial charge is 0.215 e. The van der Waals surface area contributed by atoms with Crippen LogP contribution in [0, 0.1) is 11.3 Å². The van der Waals surface area contributed by atoms with Crippen LogP contribution >= 0.6 is 0 Å². The SMILES string of the molecule is CC1(C)c2ccccc2-[n+]2ccc(/C(C#N)=C/C=C/C3=C(O)c4ccccc4S3(=O)=O)cc21. The van der Waals surface area contributed by atoms with Gasteiger partial charge < -0.3 is 5.11 Å². The molecule has 0 bridgehead atoms. The quantitative estimate of drug-likeness (QED) is 0.352. The Morgan fingerprint density at radius 3 is 2.58 bits per heavy atom. The van der Waals surface area contributed by atoms with E-state index in [9.17, 15) is 18.8 Å². The van der Waals surface area contributed by atoms with Crippen molar-refractivity contribution in [1.82, 2.24) is 0 Å². The van der Waals surface area contributed by atoms with Crippen molar-refractivity contribution in [2.45, 2.75) is 24.2 Å². The third-order valence-corrected chi connectivity index (χ3v) is 8.17. The second-order valence-corrected chi connectivity index (χ2v) is 10.5. The van der Waals surface area contributed by atoms with Gasteiger partial charge in [-0.05, 0) is 38.1 Å². The average Bonchev–Trinajstić information content (AvgIpc) is 3.16. The lowest BCUT2D eigenvalue weighted by molar-refractivity contribution is -0.599. The first kappa shape index (κ1) is 20.9. The number of aromatic nitrogens is 1. The van der Waals surface area contributed by atoms with Crippen LogP contribution in [0.4, 0.5) is 0 Å². The number of aliphatic hydroxyl groups excluding tert-OH is 1. The molecule has 5 nitrogen and oxygen atoms in total. The van der Waals surface area contributed by atoms with Crippen LogP contribution in [0.15, 0.2) is 94.9 Å². The standard InChI is InChI=1S/C27H20N2O3S/c1-27(2)21-10-4-5-11-22(21)29-15-14-18(16-25(27)29)19(17-28)8-7-13-24-26(30)20-9-3-6-12-23(20)33(24,31)32/h3-16H,1-2H3/p+1. The van der Waals surface area contributed by atoms with E-state index in [1.54, 1.807) is 24.3 Å². The second-order valence-electron chi connectivity index (χ2n) is 8.58. The molecule has 1 aromatic heterocycles. The highest BCUT2D eigenvalue weighted by Crippen LogP contribution is 2.39. The highest BCUT2D eigenvalue weighted by molar-refractivity contribution is 7.96. The number of hydrogen-bond acceptors (Lipinski definition) is 4. The van der Waals surface area contributed by atoms with Crippen LogP contribution in [-0.4, -0.2) is 13.5 Å². The Morgan fingerprint density at radius 1 is 1.09 bits per heavy atom. The van der Waals surface area contributed by atoms with Gasteiger partial charge in [0, 0.05) is 34.9 Å². The normalized spacial score (nSPS) is 17.5. The van der Waals surface area contributed by atoms with E-state index >= 15 is 0 Å². The van der Waals surface area contributed by atoms with E-state index in [1.165, 1.54) is 23.8 Å². The monoisotopic (exact) mass is 453 g/mol. The summed E-state index contributed by atoms with van der Waals surface area (Å²) in [5.41, 5.74) is 4.63. The van der Waals surface area contributed by atoms with Gasteiger partial charge in [0.05, 0.1) is 22.0 Å². The Bertz CT molecular complexity index is 1570. The lowest BCUT2D eigenvalue weighted by Crippen LogP contribution is -2.34. The Hall–Kier alpha value is -3.95. The molecule has 33 heavy (non-hydrogen) atoms. The number of para-hydroxylation sites is 1. The van der Waals surface area contributed by atoms with Crippen molar-refractivity contribution in [3.8, 4) is 11.8 Å². The molecule has 5 rings (SSSR count). The van der Waals surface area contributed by atoms with Crippen LogP contribution in [0.5, 0.6) is 0 Å². The maximum atomic E-state index is 12.8. The molecule has 0 fully saturated rings. The molecule has 162 valence electrons. The first-order valence-electron chi connectivity index (χ1n) is 10.5. The molecular weight excluding hydrogens is 432 g/mol. The first-order chi connectivity index (χ1) is 15.8. The molecule has 0 saturated heterocycles. The molecule has 6 heteroatoms. The number of fused-ring (bicyclic) bond motifs is 4. The van der Waals surface area contributed by atoms with Crippen molar-refractivity contribution < 1.29 is 18.1 Å². The zero-order valence-corrected chi connectivity index (χ0v) is 19.0. The predicted molar refractivity (Wildman–Crippen MR) is 126 cm³/mol. The van der Waals surface area contributed by atoms with Gasteiger partial charge in [-0.2, -0.15) is 9.83 Å². The van der Waals surface area contributed by atoms with Gasteiger partial charge in [-0.3, -0.25) is 0 Å². The first-order valence-corrected chi connectivity index (χ1v) is 12.0. The lowest BCUT2D eigenvalue weighted by atomic mass is 9.82. The van der Waals surface area contributed by atoms with Crippen molar-refractivity contribution in [3.05, 3.63) is 112 Å². The van der Waals surface area contributed by atoms with Crippen LogP contribution in [0.3, 0.4) is 0 Å². The average molecular weight is 454 g/mol. The van der Waals surface area contributed by atoms with Gasteiger partial charge in [-0.15, -0.1) is 0 Å². The third-order valence-electron chi connectivity index (χ3n) is 6.33. The number of rotatable bonds is 3. The van der Waals surface area contributed by atoms with Crippen molar-refractivity contribution >= 4 is 21.2 Å². The Kier molecular flexibility index (Phi) is 4.62. The molecule has 0 aliphatic carbocycles. The third kappa shape index (κ3) is 3.05. The summed E-state index contributed by atoms with van der Waals surface area (Å²) >= 11 is 0. The van der Waals surface area contributed by atoms with Crippen LogP contribution in [0.1, 0.15) is 36.2 Å². The second kappa shape index (κ2) is 7.29. The largest absolute Gasteiger partial charge is 0.506 e. The fourth-order valence-electron chi connectivity index (χ4n) is 4.58. The number of allylic oxidation sites excluding steroid dienone is 4. The van der Waals surface area contributed by atoms with E-state index in [2.05, 4.69) is 36.6 Å². The molecule has 2 aliphatic rings. The Morgan fingerprint density at radius 2 is 1.82 bits per heavy atom. The maximum absolute atomic E-state index is 12.8. The van der Waals surface area contributed by atoms with E-state index in [4.69, 9.17) is 0 Å². The van der Waals surface area contributed by atoms with Gasteiger partial charge in [0.25, 0.3) is 0 Å². The minimum absolute atomic E-state index is 0.0871. The van der Waals surface area contributed by atoms with E-state index < -0.39 is 9.84 Å². The maximum Gasteiger partial charge on any atom is 0.215 e. The van der Waals surface area contributed by atoms with Gasteiger partial charge in [-0.25, -0.2) is 8.42 Å². The fraction of sp³-hybridized carbons (Fsp3) is 0.111. The highest BCUT2D eigenvalue weighted by Gasteiger charge is 2.43. The van der Waals surface area contributed by atoms with Gasteiger partial charge in [0.1, 0.15) is 10.7 Å². The van der Waals surface area contributed by atoms with Crippen LogP contribution in [0.2, 0.25) is 0 Å². The number of nitriles is 1. The summed E-state index contributed by atoms with van der Waals surface area (Å²) in [5, 5.41) is 20.2. The molecule has 3 heterocycles. The lowest BCUT2D eigenvalue weighted by Gasteiger charge is -2.14. The predicted octanol–water partition coefficient (Wildman–Crippen LogP) is 4.78. The van der Waals surface area contributed by atoms with Gasteiger partial charge >= 0.3 is 0 Å². The molecule has 1 N–H and O–H groups in total. The molecular formula is C27H21N2O3S+. The summed E-state index contributed by atoms with van der Waals surface area (Å²) < 4.78 is 27.7. The summed E-state index contributed by atoms with van der Waals surface area (Å²) in [4.78, 5) is -0.0811. The zero-order valence-electron chi connectivity index (χ0n) is 18.1. The minimum atomic E-state index is -3.79. The fourth-order valence-corrected chi connectivity index (χ4v) is 6.15. The molecule has 2 aromatic carbocycles. The molecule has 0 amide bonds. The topological polar surface area (TPSA) is 82.0 Å². The molecule has 0 spiro atoms. The van der Waals surface area contributed by atoms with Gasteiger partial charge in [0.15, 0.2) is 11.9 Å². The number of nitrogens with zero attached hydrogens (tertiary/aromatic N) is 2. The highest BCUT2D eigenvalue weighted by atomic mass is 32.2. The summed E-state index contributed by atoms with van der Waals surface area (Å²) in [6.07, 6.45) is 6.36. The number of pyridine rings is 1. The molecule has 3 aromatic rings. The van der Waals surface area contributed by atoms with Crippen molar-refractivity contribution in [3.63, 3.8) is 0 Å².